The third-order valence-electron chi connectivity index (χ3n) is 3.66. The fourth-order valence-corrected chi connectivity index (χ4v) is 2.90. The predicted molar refractivity (Wildman–Crippen MR) is 85.1 cm³/mol. The van der Waals surface area contributed by atoms with Crippen LogP contribution in [0.1, 0.15) is 12.5 Å². The van der Waals surface area contributed by atoms with Crippen LogP contribution in [0.25, 0.3) is 0 Å². The van der Waals surface area contributed by atoms with Crippen molar-refractivity contribution in [2.45, 2.75) is 13.3 Å². The zero-order valence-electron chi connectivity index (χ0n) is 13.0. The number of carbonyl (C=O) groups is 3. The highest BCUT2D eigenvalue weighted by Gasteiger charge is 2.42. The molecule has 1 aromatic carbocycles. The lowest BCUT2D eigenvalue weighted by molar-refractivity contribution is -0.147. The number of rotatable bonds is 4. The number of amides is 4. The molecule has 2 rings (SSSR count). The molecule has 7 nitrogen and oxygen atoms in total. The normalized spacial score (nSPS) is 16.3. The Morgan fingerprint density at radius 2 is 1.74 bits per heavy atom. The molecule has 4 amide bonds. The Bertz CT molecular complexity index is 652. The van der Waals surface area contributed by atoms with Crippen molar-refractivity contribution >= 4 is 33.8 Å². The Morgan fingerprint density at radius 1 is 1.17 bits per heavy atom. The average molecular weight is 385 g/mol. The van der Waals surface area contributed by atoms with Crippen molar-refractivity contribution < 1.29 is 24.2 Å². The number of halogens is 1. The summed E-state index contributed by atoms with van der Waals surface area (Å²) in [5.74, 6) is -1.83. The van der Waals surface area contributed by atoms with Gasteiger partial charge in [0.15, 0.2) is 11.5 Å². The maximum Gasteiger partial charge on any atom is 0.332 e. The number of carbonyl (C=O) groups excluding carboxylic acids is 3. The van der Waals surface area contributed by atoms with E-state index in [1.165, 1.54) is 14.1 Å². The Balaban J connectivity index is 2.32. The van der Waals surface area contributed by atoms with Crippen molar-refractivity contribution in [3.63, 3.8) is 0 Å². The Labute approximate surface area is 141 Å². The van der Waals surface area contributed by atoms with Gasteiger partial charge in [-0.15, -0.1) is 0 Å². The van der Waals surface area contributed by atoms with Gasteiger partial charge in [-0.1, -0.05) is 0 Å². The maximum atomic E-state index is 12.2. The highest BCUT2D eigenvalue weighted by atomic mass is 79.9. The number of aromatic hydroxyl groups is 1. The summed E-state index contributed by atoms with van der Waals surface area (Å²) in [5, 5.41) is 9.91. The van der Waals surface area contributed by atoms with Crippen LogP contribution in [-0.4, -0.2) is 53.5 Å². The van der Waals surface area contributed by atoms with E-state index < -0.39 is 23.8 Å². The lowest BCUT2D eigenvalue weighted by atomic mass is 9.95. The summed E-state index contributed by atoms with van der Waals surface area (Å²) in [5.41, 5.74) is 0.640. The van der Waals surface area contributed by atoms with E-state index in [0.717, 1.165) is 9.80 Å². The molecule has 1 aliphatic heterocycles. The molecule has 0 atom stereocenters. The van der Waals surface area contributed by atoms with Crippen molar-refractivity contribution in [2.75, 3.05) is 20.7 Å². The minimum absolute atomic E-state index is 0.0405. The first-order valence-electron chi connectivity index (χ1n) is 7.01. The van der Waals surface area contributed by atoms with E-state index >= 15 is 0 Å². The summed E-state index contributed by atoms with van der Waals surface area (Å²) >= 11 is 3.22. The number of hydrogen-bond donors (Lipinski definition) is 1. The smallest absolute Gasteiger partial charge is 0.332 e. The first-order valence-corrected chi connectivity index (χ1v) is 7.80. The molecule has 1 fully saturated rings. The van der Waals surface area contributed by atoms with Crippen LogP contribution in [0, 0.1) is 5.92 Å². The van der Waals surface area contributed by atoms with Crippen LogP contribution in [0.15, 0.2) is 16.6 Å². The number of benzene rings is 1. The zero-order chi connectivity index (χ0) is 17.3. The molecular formula is C15H17BrN2O5. The number of barbiturate groups is 1. The van der Waals surface area contributed by atoms with Crippen LogP contribution in [0.5, 0.6) is 11.5 Å². The Kier molecular flexibility index (Phi) is 4.93. The first-order chi connectivity index (χ1) is 10.8. The molecule has 1 heterocycles. The summed E-state index contributed by atoms with van der Waals surface area (Å²) in [6.45, 7) is 2.15. The number of phenolic OH excluding ortho intramolecular Hbond substituents is 1. The van der Waals surface area contributed by atoms with E-state index in [-0.39, 0.29) is 17.9 Å². The van der Waals surface area contributed by atoms with Crippen LogP contribution in [-0.2, 0) is 16.0 Å². The summed E-state index contributed by atoms with van der Waals surface area (Å²) in [4.78, 5) is 38.1. The Hall–Kier alpha value is -2.09. The van der Waals surface area contributed by atoms with Crippen molar-refractivity contribution in [3.8, 4) is 11.5 Å². The molecule has 0 aromatic heterocycles. The highest BCUT2D eigenvalue weighted by molar-refractivity contribution is 9.10. The van der Waals surface area contributed by atoms with Crippen LogP contribution < -0.4 is 4.74 Å². The average Bonchev–Trinajstić information content (AvgIpc) is 2.52. The summed E-state index contributed by atoms with van der Waals surface area (Å²) < 4.78 is 5.74. The molecule has 0 spiro atoms. The summed E-state index contributed by atoms with van der Waals surface area (Å²) in [6, 6.07) is 2.56. The molecule has 0 unspecified atom stereocenters. The molecule has 0 aliphatic carbocycles. The monoisotopic (exact) mass is 384 g/mol. The molecule has 1 aliphatic rings. The van der Waals surface area contributed by atoms with Gasteiger partial charge in [-0.05, 0) is 47.0 Å². The lowest BCUT2D eigenvalue weighted by Crippen LogP contribution is -2.57. The van der Waals surface area contributed by atoms with Crippen molar-refractivity contribution in [2.24, 2.45) is 5.92 Å². The van der Waals surface area contributed by atoms with Crippen LogP contribution in [0.2, 0.25) is 0 Å². The molecule has 0 radical (unpaired) electrons. The first kappa shape index (κ1) is 17.3. The van der Waals surface area contributed by atoms with Crippen molar-refractivity contribution in [1.29, 1.82) is 0 Å². The predicted octanol–water partition coefficient (Wildman–Crippen LogP) is 1.76. The maximum absolute atomic E-state index is 12.2. The number of ether oxygens (including phenoxy) is 1. The van der Waals surface area contributed by atoms with Gasteiger partial charge in [0.1, 0.15) is 5.92 Å². The molecule has 0 saturated carbocycles. The highest BCUT2D eigenvalue weighted by Crippen LogP contribution is 2.36. The second-order valence-electron chi connectivity index (χ2n) is 5.19. The fourth-order valence-electron chi connectivity index (χ4n) is 2.41. The largest absolute Gasteiger partial charge is 0.503 e. The molecule has 23 heavy (non-hydrogen) atoms. The molecule has 1 aromatic rings. The van der Waals surface area contributed by atoms with Crippen LogP contribution in [0.3, 0.4) is 0 Å². The van der Waals surface area contributed by atoms with Crippen LogP contribution in [0.4, 0.5) is 4.79 Å². The summed E-state index contributed by atoms with van der Waals surface area (Å²) in [6.07, 6.45) is 0.110. The number of imide groups is 2. The van der Waals surface area contributed by atoms with E-state index in [1.54, 1.807) is 19.1 Å². The van der Waals surface area contributed by atoms with Gasteiger partial charge in [0.25, 0.3) is 0 Å². The van der Waals surface area contributed by atoms with Crippen LogP contribution >= 0.6 is 15.9 Å². The molecular weight excluding hydrogens is 368 g/mol. The van der Waals surface area contributed by atoms with E-state index in [9.17, 15) is 19.5 Å². The number of nitrogens with zero attached hydrogens (tertiary/aromatic N) is 2. The minimum atomic E-state index is -0.978. The van der Waals surface area contributed by atoms with Gasteiger partial charge < -0.3 is 9.84 Å². The Morgan fingerprint density at radius 3 is 2.26 bits per heavy atom. The van der Waals surface area contributed by atoms with Gasteiger partial charge in [-0.3, -0.25) is 19.4 Å². The number of urea groups is 1. The lowest BCUT2D eigenvalue weighted by Gasteiger charge is -2.32. The van der Waals surface area contributed by atoms with Gasteiger partial charge in [0.05, 0.1) is 11.1 Å². The molecule has 124 valence electrons. The summed E-state index contributed by atoms with van der Waals surface area (Å²) in [7, 11) is 2.69. The van der Waals surface area contributed by atoms with Gasteiger partial charge >= 0.3 is 6.03 Å². The van der Waals surface area contributed by atoms with E-state index in [4.69, 9.17) is 4.74 Å². The standard InChI is InChI=1S/C15H17BrN2O5/c1-4-23-11-7-8(6-10(16)12(11)19)5-9-13(20)17(2)15(22)18(3)14(9)21/h6-7,9,19H,4-5H2,1-3H3. The zero-order valence-corrected chi connectivity index (χ0v) is 14.6. The van der Waals surface area contributed by atoms with Gasteiger partial charge in [0.2, 0.25) is 11.8 Å². The van der Waals surface area contributed by atoms with Crippen molar-refractivity contribution in [1.82, 2.24) is 9.80 Å². The van der Waals surface area contributed by atoms with E-state index in [1.807, 2.05) is 0 Å². The quantitative estimate of drug-likeness (QED) is 0.799. The van der Waals surface area contributed by atoms with E-state index in [2.05, 4.69) is 15.9 Å². The second-order valence-corrected chi connectivity index (χ2v) is 6.05. The molecule has 1 saturated heterocycles. The number of hydrogen-bond acceptors (Lipinski definition) is 5. The third kappa shape index (κ3) is 3.17. The van der Waals surface area contributed by atoms with Gasteiger partial charge in [0, 0.05) is 14.1 Å². The topological polar surface area (TPSA) is 87.2 Å². The fraction of sp³-hybridized carbons (Fsp3) is 0.400. The van der Waals surface area contributed by atoms with Gasteiger partial charge in [-0.2, -0.15) is 0 Å². The molecule has 1 N–H and O–H groups in total. The minimum Gasteiger partial charge on any atom is -0.503 e. The van der Waals surface area contributed by atoms with Gasteiger partial charge in [-0.25, -0.2) is 4.79 Å². The van der Waals surface area contributed by atoms with E-state index in [0.29, 0.717) is 16.6 Å². The third-order valence-corrected chi connectivity index (χ3v) is 4.26. The molecule has 8 heteroatoms. The SMILES string of the molecule is CCOc1cc(CC2C(=O)N(C)C(=O)N(C)C2=O)cc(Br)c1O. The van der Waals surface area contributed by atoms with Crippen molar-refractivity contribution in [3.05, 3.63) is 22.2 Å². The number of phenols is 1. The molecule has 0 bridgehead atoms. The second kappa shape index (κ2) is 6.57.